The molecule has 0 unspecified atom stereocenters. The number of nitrogens with one attached hydrogen (secondary N) is 1. The van der Waals surface area contributed by atoms with Gasteiger partial charge in [0.2, 0.25) is 5.91 Å². The molecular weight excluding hydrogens is 342 g/mol. The van der Waals surface area contributed by atoms with E-state index in [2.05, 4.69) is 5.32 Å². The molecule has 1 amide bonds. The van der Waals surface area contributed by atoms with Gasteiger partial charge in [0.15, 0.2) is 11.6 Å². The number of halogens is 1. The predicted octanol–water partition coefficient (Wildman–Crippen LogP) is 4.15. The second kappa shape index (κ2) is 8.44. The number of ether oxygens (including phenoxy) is 1. The molecule has 2 rings (SSSR count). The lowest BCUT2D eigenvalue weighted by Gasteiger charge is -2.08. The number of methoxy groups -OCH3 is 1. The third kappa shape index (κ3) is 5.16. The predicted molar refractivity (Wildman–Crippen MR) is 96.6 cm³/mol. The van der Waals surface area contributed by atoms with Crippen molar-refractivity contribution >= 4 is 34.8 Å². The molecule has 6 heteroatoms. The Hall–Kier alpha value is -2.66. The first-order valence-electron chi connectivity index (χ1n) is 7.68. The van der Waals surface area contributed by atoms with E-state index in [1.165, 1.54) is 13.0 Å². The van der Waals surface area contributed by atoms with E-state index >= 15 is 0 Å². The van der Waals surface area contributed by atoms with Gasteiger partial charge in [-0.15, -0.1) is 0 Å². The van der Waals surface area contributed by atoms with Gasteiger partial charge in [-0.25, -0.2) is 0 Å². The number of anilines is 1. The van der Waals surface area contributed by atoms with Crippen LogP contribution in [-0.4, -0.2) is 24.6 Å². The number of rotatable bonds is 7. The van der Waals surface area contributed by atoms with Gasteiger partial charge in [-0.2, -0.15) is 0 Å². The molecule has 0 saturated carbocycles. The summed E-state index contributed by atoms with van der Waals surface area (Å²) >= 11 is 6.03. The van der Waals surface area contributed by atoms with Crippen LogP contribution in [0.1, 0.15) is 40.5 Å². The SMILES string of the molecule is COc1ccc(C(=O)CCC(=O)Nc2cc(C(C)=O)ccc2Cl)cc1. The molecule has 2 aromatic carbocycles. The summed E-state index contributed by atoms with van der Waals surface area (Å²) in [5, 5.41) is 2.97. The molecule has 0 radical (unpaired) electrons. The molecule has 0 fully saturated rings. The molecular formula is C19H18ClNO4. The second-order valence-electron chi connectivity index (χ2n) is 5.45. The van der Waals surface area contributed by atoms with Gasteiger partial charge in [0.1, 0.15) is 5.75 Å². The molecule has 0 saturated heterocycles. The Bertz CT molecular complexity index is 800. The maximum atomic E-state index is 12.1. The molecule has 0 aliphatic heterocycles. The van der Waals surface area contributed by atoms with Gasteiger partial charge in [-0.3, -0.25) is 14.4 Å². The summed E-state index contributed by atoms with van der Waals surface area (Å²) in [6.45, 7) is 1.43. The quantitative estimate of drug-likeness (QED) is 0.753. The summed E-state index contributed by atoms with van der Waals surface area (Å²) in [6, 6.07) is 11.4. The van der Waals surface area contributed by atoms with Crippen LogP contribution in [0.15, 0.2) is 42.5 Å². The number of carbonyl (C=O) groups is 3. The van der Waals surface area contributed by atoms with Crippen LogP contribution in [0.25, 0.3) is 0 Å². The average molecular weight is 360 g/mol. The molecule has 130 valence electrons. The summed E-state index contributed by atoms with van der Waals surface area (Å²) in [6.07, 6.45) is 0.0909. The Labute approximate surface area is 150 Å². The number of ketones is 2. The Morgan fingerprint density at radius 1 is 1.00 bits per heavy atom. The van der Waals surface area contributed by atoms with E-state index in [0.717, 1.165) is 0 Å². The van der Waals surface area contributed by atoms with Crippen LogP contribution >= 0.6 is 11.6 Å². The largest absolute Gasteiger partial charge is 0.497 e. The highest BCUT2D eigenvalue weighted by molar-refractivity contribution is 6.33. The molecule has 5 nitrogen and oxygen atoms in total. The third-order valence-electron chi connectivity index (χ3n) is 3.64. The van der Waals surface area contributed by atoms with Crippen LogP contribution in [0.3, 0.4) is 0 Å². The fourth-order valence-corrected chi connectivity index (χ4v) is 2.37. The number of benzene rings is 2. The first-order valence-corrected chi connectivity index (χ1v) is 8.06. The maximum absolute atomic E-state index is 12.1. The zero-order chi connectivity index (χ0) is 18.4. The second-order valence-corrected chi connectivity index (χ2v) is 5.86. The zero-order valence-electron chi connectivity index (χ0n) is 14.0. The minimum absolute atomic E-state index is 0.0193. The molecule has 2 aromatic rings. The molecule has 0 spiro atoms. The van der Waals surface area contributed by atoms with Crippen LogP contribution in [-0.2, 0) is 4.79 Å². The topological polar surface area (TPSA) is 72.5 Å². The molecule has 25 heavy (non-hydrogen) atoms. The van der Waals surface area contributed by atoms with Gasteiger partial charge in [0.25, 0.3) is 0 Å². The minimum atomic E-state index is -0.343. The van der Waals surface area contributed by atoms with Crippen LogP contribution in [0, 0.1) is 0 Å². The van der Waals surface area contributed by atoms with Crippen LogP contribution < -0.4 is 10.1 Å². The highest BCUT2D eigenvalue weighted by atomic mass is 35.5. The monoisotopic (exact) mass is 359 g/mol. The van der Waals surface area contributed by atoms with E-state index in [9.17, 15) is 14.4 Å². The fourth-order valence-electron chi connectivity index (χ4n) is 2.20. The lowest BCUT2D eigenvalue weighted by molar-refractivity contribution is -0.116. The normalized spacial score (nSPS) is 10.2. The van der Waals surface area contributed by atoms with Gasteiger partial charge in [0.05, 0.1) is 17.8 Å². The summed E-state index contributed by atoms with van der Waals surface area (Å²) in [5.74, 6) is 0.0574. The van der Waals surface area contributed by atoms with Crippen molar-refractivity contribution in [3.8, 4) is 5.75 Å². The van der Waals surface area contributed by atoms with E-state index in [4.69, 9.17) is 16.3 Å². The van der Waals surface area contributed by atoms with Gasteiger partial charge in [0, 0.05) is 24.0 Å². The minimum Gasteiger partial charge on any atom is -0.497 e. The van der Waals surface area contributed by atoms with Gasteiger partial charge < -0.3 is 10.1 Å². The molecule has 0 heterocycles. The molecule has 0 bridgehead atoms. The smallest absolute Gasteiger partial charge is 0.224 e. The maximum Gasteiger partial charge on any atom is 0.224 e. The van der Waals surface area contributed by atoms with Crippen molar-refractivity contribution < 1.29 is 19.1 Å². The summed E-state index contributed by atoms with van der Waals surface area (Å²) in [5.41, 5.74) is 1.33. The van der Waals surface area contributed by atoms with E-state index in [-0.39, 0.29) is 30.3 Å². The van der Waals surface area contributed by atoms with E-state index in [1.807, 2.05) is 0 Å². The lowest BCUT2D eigenvalue weighted by atomic mass is 10.1. The first kappa shape index (κ1) is 18.7. The number of hydrogen-bond acceptors (Lipinski definition) is 4. The van der Waals surface area contributed by atoms with Crippen molar-refractivity contribution in [1.29, 1.82) is 0 Å². The number of amides is 1. The Kier molecular flexibility index (Phi) is 6.31. The van der Waals surface area contributed by atoms with E-state index < -0.39 is 0 Å². The van der Waals surface area contributed by atoms with E-state index in [1.54, 1.807) is 43.5 Å². The standard InChI is InChI=1S/C19H18ClNO4/c1-12(22)14-5-8-16(20)17(11-14)21-19(24)10-9-18(23)13-3-6-15(25-2)7-4-13/h3-8,11H,9-10H2,1-2H3,(H,21,24). The Balaban J connectivity index is 1.95. The van der Waals surface area contributed by atoms with Crippen molar-refractivity contribution in [2.75, 3.05) is 12.4 Å². The van der Waals surface area contributed by atoms with Crippen LogP contribution in [0.5, 0.6) is 5.75 Å². The van der Waals surface area contributed by atoms with E-state index in [0.29, 0.717) is 27.6 Å². The summed E-state index contributed by atoms with van der Waals surface area (Å²) in [7, 11) is 1.55. The van der Waals surface area contributed by atoms with Gasteiger partial charge >= 0.3 is 0 Å². The molecule has 0 aliphatic carbocycles. The first-order chi connectivity index (χ1) is 11.9. The number of carbonyl (C=O) groups excluding carboxylic acids is 3. The lowest BCUT2D eigenvalue weighted by Crippen LogP contribution is -2.14. The zero-order valence-corrected chi connectivity index (χ0v) is 14.7. The molecule has 0 atom stereocenters. The third-order valence-corrected chi connectivity index (χ3v) is 3.97. The molecule has 0 aromatic heterocycles. The Morgan fingerprint density at radius 3 is 2.24 bits per heavy atom. The average Bonchev–Trinajstić information content (AvgIpc) is 2.61. The van der Waals surface area contributed by atoms with Crippen molar-refractivity contribution in [3.63, 3.8) is 0 Å². The van der Waals surface area contributed by atoms with Crippen molar-refractivity contribution in [1.82, 2.24) is 0 Å². The van der Waals surface area contributed by atoms with Crippen molar-refractivity contribution in [2.45, 2.75) is 19.8 Å². The highest BCUT2D eigenvalue weighted by Crippen LogP contribution is 2.23. The fraction of sp³-hybridized carbons (Fsp3) is 0.211. The number of hydrogen-bond donors (Lipinski definition) is 1. The number of Topliss-reactive ketones (excluding diaryl/α,β-unsaturated/α-hetero) is 2. The van der Waals surface area contributed by atoms with Crippen molar-refractivity contribution in [2.24, 2.45) is 0 Å². The van der Waals surface area contributed by atoms with Gasteiger partial charge in [-0.05, 0) is 49.4 Å². The highest BCUT2D eigenvalue weighted by Gasteiger charge is 2.12. The Morgan fingerprint density at radius 2 is 1.64 bits per heavy atom. The summed E-state index contributed by atoms with van der Waals surface area (Å²) in [4.78, 5) is 35.6. The van der Waals surface area contributed by atoms with Crippen molar-refractivity contribution in [3.05, 3.63) is 58.6 Å². The molecule has 0 aliphatic rings. The summed E-state index contributed by atoms with van der Waals surface area (Å²) < 4.78 is 5.04. The molecule has 1 N–H and O–H groups in total. The van der Waals surface area contributed by atoms with Crippen LogP contribution in [0.4, 0.5) is 5.69 Å². The van der Waals surface area contributed by atoms with Crippen LogP contribution in [0.2, 0.25) is 5.02 Å². The van der Waals surface area contributed by atoms with Gasteiger partial charge in [-0.1, -0.05) is 11.6 Å².